The summed E-state index contributed by atoms with van der Waals surface area (Å²) in [4.78, 5) is 37.3. The first kappa shape index (κ1) is 25.3. The first-order valence-corrected chi connectivity index (χ1v) is 10.3. The van der Waals surface area contributed by atoms with Gasteiger partial charge in [-0.2, -0.15) is 5.06 Å². The van der Waals surface area contributed by atoms with Crippen molar-refractivity contribution in [1.82, 2.24) is 15.7 Å². The molecule has 0 rings (SSSR count). The molecule has 0 aromatic carbocycles. The predicted molar refractivity (Wildman–Crippen MR) is 105 cm³/mol. The average molecular weight is 404 g/mol. The molecule has 2 unspecified atom stereocenters. The molecule has 0 aromatic heterocycles. The van der Waals surface area contributed by atoms with Crippen LogP contribution in [0.25, 0.3) is 0 Å². The normalized spacial score (nSPS) is 14.9. The third kappa shape index (κ3) is 7.42. The summed E-state index contributed by atoms with van der Waals surface area (Å²) in [5.74, 6) is -2.27. The van der Waals surface area contributed by atoms with Gasteiger partial charge in [0.2, 0.25) is 11.8 Å². The van der Waals surface area contributed by atoms with Gasteiger partial charge in [0.25, 0.3) is 5.91 Å². The second-order valence-electron chi connectivity index (χ2n) is 7.58. The van der Waals surface area contributed by atoms with Crippen LogP contribution < -0.4 is 10.6 Å². The monoisotopic (exact) mass is 403 g/mol. The Hall–Kier alpha value is -1.74. The third-order valence-corrected chi connectivity index (χ3v) is 6.09. The molecule has 0 heterocycles. The number of hydrogen-bond acceptors (Lipinski definition) is 5. The van der Waals surface area contributed by atoms with E-state index >= 15 is 0 Å². The zero-order valence-corrected chi connectivity index (χ0v) is 18.1. The molecule has 0 saturated carbocycles. The first-order valence-electron chi connectivity index (χ1n) is 8.78. The Kier molecular flexibility index (Phi) is 9.88. The lowest BCUT2D eigenvalue weighted by molar-refractivity contribution is -0.159. The van der Waals surface area contributed by atoms with E-state index in [0.717, 1.165) is 0 Å². The molecule has 3 atom stereocenters. The van der Waals surface area contributed by atoms with Gasteiger partial charge in [-0.1, -0.05) is 20.4 Å². The summed E-state index contributed by atoms with van der Waals surface area (Å²) in [6.07, 6.45) is 1.62. The van der Waals surface area contributed by atoms with Crippen molar-refractivity contribution in [3.05, 3.63) is 12.3 Å². The van der Waals surface area contributed by atoms with Gasteiger partial charge in [0, 0.05) is 42.1 Å². The Bertz CT molecular complexity index is 604. The summed E-state index contributed by atoms with van der Waals surface area (Å²) in [5.41, 5.74) is 0.148. The van der Waals surface area contributed by atoms with Crippen molar-refractivity contribution in [2.75, 3.05) is 13.3 Å². The van der Waals surface area contributed by atoms with E-state index in [1.165, 1.54) is 20.2 Å². The van der Waals surface area contributed by atoms with E-state index in [-0.39, 0.29) is 18.0 Å². The lowest BCUT2D eigenvalue weighted by Crippen LogP contribution is -2.59. The number of likely N-dealkylation sites (N-methyl/N-ethyl adjacent to an activating group) is 1. The lowest BCUT2D eigenvalue weighted by atomic mass is 9.91. The van der Waals surface area contributed by atoms with Crippen LogP contribution >= 0.6 is 0 Å². The van der Waals surface area contributed by atoms with Crippen LogP contribution in [0.4, 0.5) is 0 Å². The fraction of sp³-hybridized carbons (Fsp3) is 0.722. The highest BCUT2D eigenvalue weighted by atomic mass is 32.2. The minimum Gasteiger partial charge on any atom is -0.357 e. The van der Waals surface area contributed by atoms with E-state index in [1.54, 1.807) is 13.8 Å². The molecule has 0 aliphatic rings. The van der Waals surface area contributed by atoms with E-state index in [1.807, 2.05) is 13.8 Å². The number of carbonyl (C=O) groups excluding carboxylic acids is 3. The van der Waals surface area contributed by atoms with E-state index in [2.05, 4.69) is 17.2 Å². The zero-order chi connectivity index (χ0) is 21.5. The Balaban J connectivity index is 5.57. The van der Waals surface area contributed by atoms with E-state index in [4.69, 9.17) is 0 Å². The molecular formula is C18H33N3O5S. The molecule has 0 fully saturated rings. The number of nitrogens with one attached hydrogen (secondary N) is 2. The van der Waals surface area contributed by atoms with E-state index in [9.17, 15) is 23.8 Å². The van der Waals surface area contributed by atoms with Crippen LogP contribution in [0, 0.1) is 11.8 Å². The van der Waals surface area contributed by atoms with E-state index in [0.29, 0.717) is 11.5 Å². The second-order valence-corrected chi connectivity index (χ2v) is 9.55. The third-order valence-electron chi connectivity index (χ3n) is 4.38. The number of amides is 3. The Morgan fingerprint density at radius 3 is 2.11 bits per heavy atom. The minimum absolute atomic E-state index is 0.109. The maximum atomic E-state index is 12.8. The van der Waals surface area contributed by atoms with Gasteiger partial charge in [-0.3, -0.25) is 23.8 Å². The molecule has 0 radical (unpaired) electrons. The maximum absolute atomic E-state index is 12.8. The van der Waals surface area contributed by atoms with Gasteiger partial charge in [-0.15, -0.1) is 0 Å². The molecule has 0 bridgehead atoms. The van der Waals surface area contributed by atoms with Crippen LogP contribution in [-0.4, -0.2) is 56.3 Å². The Morgan fingerprint density at radius 2 is 1.74 bits per heavy atom. The van der Waals surface area contributed by atoms with Crippen molar-refractivity contribution in [1.29, 1.82) is 0 Å². The van der Waals surface area contributed by atoms with Crippen molar-refractivity contribution in [2.45, 2.75) is 58.2 Å². The smallest absolute Gasteiger partial charge is 0.251 e. The van der Waals surface area contributed by atoms with Crippen LogP contribution in [0.5, 0.6) is 0 Å². The summed E-state index contributed by atoms with van der Waals surface area (Å²) in [7, 11) is 0.0372. The molecule has 0 aliphatic carbocycles. The predicted octanol–water partition coefficient (Wildman–Crippen LogP) is 1.18. The highest BCUT2D eigenvalue weighted by molar-refractivity contribution is 7.85. The molecule has 0 spiro atoms. The van der Waals surface area contributed by atoms with Gasteiger partial charge in [0.1, 0.15) is 6.04 Å². The molecule has 3 amide bonds. The number of rotatable bonds is 10. The molecule has 8 nitrogen and oxygen atoms in total. The van der Waals surface area contributed by atoms with Gasteiger partial charge in [-0.25, -0.2) is 0 Å². The fourth-order valence-electron chi connectivity index (χ4n) is 2.49. The maximum Gasteiger partial charge on any atom is 0.251 e. The first-order chi connectivity index (χ1) is 12.2. The molecule has 3 N–H and O–H groups in total. The van der Waals surface area contributed by atoms with Gasteiger partial charge in [0.15, 0.2) is 0 Å². The summed E-state index contributed by atoms with van der Waals surface area (Å²) in [6, 6.07) is -1.03. The minimum atomic E-state index is -1.40. The summed E-state index contributed by atoms with van der Waals surface area (Å²) < 4.78 is 11.1. The summed E-state index contributed by atoms with van der Waals surface area (Å²) >= 11 is 0. The SMILES string of the molecule is C=C(C)N(O)C(=O)C[C@@H](CC(C)C)C(=O)NC(C(=O)NC)C(C)(C)S(C)=O. The van der Waals surface area contributed by atoms with Crippen molar-refractivity contribution >= 4 is 28.5 Å². The fourth-order valence-corrected chi connectivity index (χ4v) is 2.99. The van der Waals surface area contributed by atoms with Crippen molar-refractivity contribution < 1.29 is 23.8 Å². The van der Waals surface area contributed by atoms with Crippen LogP contribution in [0.15, 0.2) is 12.3 Å². The summed E-state index contributed by atoms with van der Waals surface area (Å²) in [5, 5.41) is 15.3. The number of hydrogen-bond donors (Lipinski definition) is 3. The highest BCUT2D eigenvalue weighted by Crippen LogP contribution is 2.21. The molecule has 0 aliphatic heterocycles. The summed E-state index contributed by atoms with van der Waals surface area (Å²) in [6.45, 7) is 12.0. The molecule has 0 saturated heterocycles. The molecule has 27 heavy (non-hydrogen) atoms. The van der Waals surface area contributed by atoms with Gasteiger partial charge in [0.05, 0.1) is 4.75 Å². The Morgan fingerprint density at radius 1 is 1.22 bits per heavy atom. The van der Waals surface area contributed by atoms with Crippen LogP contribution in [0.2, 0.25) is 0 Å². The number of hydroxylamine groups is 2. The molecule has 9 heteroatoms. The topological polar surface area (TPSA) is 116 Å². The van der Waals surface area contributed by atoms with Crippen LogP contribution in [-0.2, 0) is 25.2 Å². The van der Waals surface area contributed by atoms with Crippen molar-refractivity contribution in [2.24, 2.45) is 11.8 Å². The zero-order valence-electron chi connectivity index (χ0n) is 17.3. The average Bonchev–Trinajstić information content (AvgIpc) is 2.56. The number of allylic oxidation sites excluding steroid dienone is 1. The van der Waals surface area contributed by atoms with E-state index < -0.39 is 45.2 Å². The molecule has 156 valence electrons. The largest absolute Gasteiger partial charge is 0.357 e. The standard InChI is InChI=1S/C18H33N3O5S/c1-11(2)9-13(10-14(22)21(25)12(3)4)16(23)20-15(17(24)19-7)18(5,6)27(8)26/h11,13,15,25H,3,9-10H2,1-2,4-8H3,(H,19,24)(H,20,23)/t13-,15?,27?/m1/s1. The van der Waals surface area contributed by atoms with Crippen LogP contribution in [0.1, 0.15) is 47.5 Å². The number of nitrogens with zero attached hydrogens (tertiary/aromatic N) is 1. The van der Waals surface area contributed by atoms with Gasteiger partial charge < -0.3 is 10.6 Å². The van der Waals surface area contributed by atoms with Crippen LogP contribution in [0.3, 0.4) is 0 Å². The van der Waals surface area contributed by atoms with Crippen molar-refractivity contribution in [3.8, 4) is 0 Å². The number of carbonyl (C=O) groups is 3. The highest BCUT2D eigenvalue weighted by Gasteiger charge is 2.40. The lowest BCUT2D eigenvalue weighted by Gasteiger charge is -2.33. The van der Waals surface area contributed by atoms with Gasteiger partial charge in [-0.05, 0) is 33.1 Å². The molecule has 0 aromatic rings. The van der Waals surface area contributed by atoms with Crippen molar-refractivity contribution in [3.63, 3.8) is 0 Å². The Labute approximate surface area is 164 Å². The second kappa shape index (κ2) is 10.6. The quantitative estimate of drug-likeness (QED) is 0.374. The van der Waals surface area contributed by atoms with Gasteiger partial charge >= 0.3 is 0 Å². The molecular weight excluding hydrogens is 370 g/mol.